The molecule has 4 rings (SSSR count). The number of thiazole rings is 1. The summed E-state index contributed by atoms with van der Waals surface area (Å²) >= 11 is 1.67. The molecule has 0 bridgehead atoms. The second kappa shape index (κ2) is 14.9. The monoisotopic (exact) mass is 593 g/mol. The third kappa shape index (κ3) is 7.60. The highest BCUT2D eigenvalue weighted by Crippen LogP contribution is 2.59. The molecule has 3 aliphatic rings. The van der Waals surface area contributed by atoms with Crippen LogP contribution in [0.2, 0.25) is 18.1 Å². The molecule has 2 heterocycles. The lowest BCUT2D eigenvalue weighted by Crippen LogP contribution is -2.48. The summed E-state index contributed by atoms with van der Waals surface area (Å²) in [6, 6.07) is 3.77. The van der Waals surface area contributed by atoms with Crippen molar-refractivity contribution < 1.29 is 19.0 Å². The first-order valence-electron chi connectivity index (χ1n) is 16.8. The van der Waals surface area contributed by atoms with E-state index in [0.717, 1.165) is 61.2 Å². The molecule has 0 radical (unpaired) electrons. The Balaban J connectivity index is 1.25. The van der Waals surface area contributed by atoms with Gasteiger partial charge in [0, 0.05) is 24.0 Å². The van der Waals surface area contributed by atoms with Crippen LogP contribution in [0, 0.1) is 30.1 Å². The van der Waals surface area contributed by atoms with E-state index in [1.807, 2.05) is 0 Å². The number of hydrogen-bond acceptors (Lipinski definition) is 6. The van der Waals surface area contributed by atoms with Gasteiger partial charge in [-0.1, -0.05) is 53.9 Å². The zero-order chi connectivity index (χ0) is 28.8. The fourth-order valence-corrected chi connectivity index (χ4v) is 12.5. The van der Waals surface area contributed by atoms with E-state index >= 15 is 0 Å². The molecule has 1 aromatic heterocycles. The minimum atomic E-state index is -1.58. The van der Waals surface area contributed by atoms with Crippen LogP contribution < -0.4 is 0 Å². The van der Waals surface area contributed by atoms with Crippen LogP contribution in [0.3, 0.4) is 0 Å². The van der Waals surface area contributed by atoms with Gasteiger partial charge in [0.2, 0.25) is 0 Å². The van der Waals surface area contributed by atoms with Crippen molar-refractivity contribution >= 4 is 19.7 Å². The Morgan fingerprint density at radius 3 is 2.55 bits per heavy atom. The number of ether oxygens (including phenoxy) is 2. The van der Waals surface area contributed by atoms with Gasteiger partial charge < -0.3 is 19.0 Å². The molecule has 3 fully saturated rings. The van der Waals surface area contributed by atoms with Crippen molar-refractivity contribution in [2.45, 2.75) is 155 Å². The van der Waals surface area contributed by atoms with Gasteiger partial charge in [-0.05, 0) is 99.6 Å². The van der Waals surface area contributed by atoms with E-state index in [1.54, 1.807) is 11.3 Å². The van der Waals surface area contributed by atoms with Gasteiger partial charge in [0.05, 0.1) is 12.3 Å². The van der Waals surface area contributed by atoms with Crippen LogP contribution in [0.15, 0.2) is 0 Å². The van der Waals surface area contributed by atoms with Crippen molar-refractivity contribution in [3.8, 4) is 0 Å². The van der Waals surface area contributed by atoms with E-state index in [1.165, 1.54) is 68.0 Å². The highest BCUT2D eigenvalue weighted by atomic mass is 32.1. The predicted molar refractivity (Wildman–Crippen MR) is 168 cm³/mol. The van der Waals surface area contributed by atoms with Crippen molar-refractivity contribution in [1.29, 1.82) is 0 Å². The summed E-state index contributed by atoms with van der Waals surface area (Å²) in [7, 11) is -1.58. The molecule has 2 aliphatic carbocycles. The molecule has 7 atom stereocenters. The Hall–Kier alpha value is -0.313. The average Bonchev–Trinajstić information content (AvgIpc) is 3.52. The molecule has 230 valence electrons. The summed E-state index contributed by atoms with van der Waals surface area (Å²) in [6.45, 7) is 15.7. The van der Waals surface area contributed by atoms with Crippen LogP contribution in [0.5, 0.6) is 0 Å². The summed E-state index contributed by atoms with van der Waals surface area (Å²) in [4.78, 5) is 5.98. The summed E-state index contributed by atoms with van der Waals surface area (Å²) in [5, 5.41) is 11.9. The maximum atomic E-state index is 11.0. The normalized spacial score (nSPS) is 30.8. The largest absolute Gasteiger partial charge is 0.414 e. The van der Waals surface area contributed by atoms with Gasteiger partial charge in [-0.25, -0.2) is 4.98 Å². The van der Waals surface area contributed by atoms with Gasteiger partial charge in [0.25, 0.3) is 0 Å². The van der Waals surface area contributed by atoms with E-state index in [4.69, 9.17) is 18.9 Å². The number of aryl methyl sites for hydroxylation is 1. The Morgan fingerprint density at radius 2 is 1.85 bits per heavy atom. The van der Waals surface area contributed by atoms with Crippen molar-refractivity contribution in [3.05, 3.63) is 15.6 Å². The number of rotatable bonds is 15. The maximum Gasteiger partial charge on any atom is 0.192 e. The lowest BCUT2D eigenvalue weighted by molar-refractivity contribution is -0.161. The number of aromatic nitrogens is 1. The lowest BCUT2D eigenvalue weighted by Gasteiger charge is -2.49. The van der Waals surface area contributed by atoms with Crippen LogP contribution in [0.4, 0.5) is 0 Å². The Labute approximate surface area is 250 Å². The van der Waals surface area contributed by atoms with E-state index < -0.39 is 14.4 Å². The van der Waals surface area contributed by atoms with Gasteiger partial charge in [-0.15, -0.1) is 11.3 Å². The standard InChI is InChI=1S/C33H59NO4SSi/c1-7-40(8-2,9-3)38-29-16-13-21-33(6)26(18-19-27(29)33)24(4)14-12-15-28(35)32-34-25(5)30(39-32)20-23-37-31-17-10-11-22-36-31/h24,26-29,31,35H,7-23H2,1-6H3/t24-,26-,27+,28?,29?,31?,33-/m1/s1. The van der Waals surface area contributed by atoms with Crippen molar-refractivity contribution in [2.75, 3.05) is 13.2 Å². The molecule has 1 N–H and O–H groups in total. The van der Waals surface area contributed by atoms with Crippen LogP contribution in [0.1, 0.15) is 127 Å². The number of aliphatic hydroxyl groups excluding tert-OH is 1. The second-order valence-electron chi connectivity index (χ2n) is 13.5. The molecule has 0 aromatic carbocycles. The summed E-state index contributed by atoms with van der Waals surface area (Å²) in [5.74, 6) is 2.21. The topological polar surface area (TPSA) is 60.8 Å². The summed E-state index contributed by atoms with van der Waals surface area (Å²) in [5.41, 5.74) is 1.46. The highest BCUT2D eigenvalue weighted by molar-refractivity contribution is 7.11. The number of aliphatic hydroxyl groups is 1. The fraction of sp³-hybridized carbons (Fsp3) is 0.909. The maximum absolute atomic E-state index is 11.0. The molecule has 40 heavy (non-hydrogen) atoms. The van der Waals surface area contributed by atoms with E-state index in [9.17, 15) is 5.11 Å². The van der Waals surface area contributed by atoms with Gasteiger partial charge in [-0.3, -0.25) is 0 Å². The zero-order valence-electron chi connectivity index (χ0n) is 26.5. The van der Waals surface area contributed by atoms with Crippen molar-refractivity contribution in [1.82, 2.24) is 4.98 Å². The molecule has 1 saturated heterocycles. The molecular formula is C33H59NO4SSi. The van der Waals surface area contributed by atoms with Crippen molar-refractivity contribution in [3.63, 3.8) is 0 Å². The van der Waals surface area contributed by atoms with E-state index in [-0.39, 0.29) is 6.29 Å². The molecule has 7 heteroatoms. The minimum absolute atomic E-state index is 0.0436. The predicted octanol–water partition coefficient (Wildman–Crippen LogP) is 8.98. The summed E-state index contributed by atoms with van der Waals surface area (Å²) in [6.07, 6.45) is 13.9. The van der Waals surface area contributed by atoms with Gasteiger partial charge in [0.15, 0.2) is 14.6 Å². The molecular weight excluding hydrogens is 535 g/mol. The first-order chi connectivity index (χ1) is 19.2. The molecule has 0 spiro atoms. The van der Waals surface area contributed by atoms with E-state index in [0.29, 0.717) is 24.0 Å². The number of fused-ring (bicyclic) bond motifs is 1. The first-order valence-corrected chi connectivity index (χ1v) is 20.1. The van der Waals surface area contributed by atoms with Crippen LogP contribution in [-0.4, -0.2) is 44.0 Å². The zero-order valence-corrected chi connectivity index (χ0v) is 28.3. The minimum Gasteiger partial charge on any atom is -0.414 e. The van der Waals surface area contributed by atoms with Crippen LogP contribution in [-0.2, 0) is 20.3 Å². The molecule has 5 nitrogen and oxygen atoms in total. The second-order valence-corrected chi connectivity index (χ2v) is 19.3. The molecule has 1 aromatic rings. The van der Waals surface area contributed by atoms with Crippen LogP contribution in [0.25, 0.3) is 0 Å². The quantitative estimate of drug-likeness (QED) is 0.206. The van der Waals surface area contributed by atoms with Gasteiger partial charge in [-0.2, -0.15) is 0 Å². The highest BCUT2D eigenvalue weighted by Gasteiger charge is 2.53. The Bertz CT molecular complexity index is 893. The first kappa shape index (κ1) is 32.6. The Kier molecular flexibility index (Phi) is 12.2. The van der Waals surface area contributed by atoms with Crippen molar-refractivity contribution in [2.24, 2.45) is 23.2 Å². The molecule has 3 unspecified atom stereocenters. The Morgan fingerprint density at radius 1 is 1.07 bits per heavy atom. The smallest absolute Gasteiger partial charge is 0.192 e. The van der Waals surface area contributed by atoms with Crippen LogP contribution >= 0.6 is 11.3 Å². The third-order valence-corrected chi connectivity index (χ3v) is 17.2. The average molecular weight is 594 g/mol. The van der Waals surface area contributed by atoms with Gasteiger partial charge >= 0.3 is 0 Å². The third-order valence-electron chi connectivity index (χ3n) is 11.3. The number of nitrogens with zero attached hydrogens (tertiary/aromatic N) is 1. The molecule has 2 saturated carbocycles. The SMILES string of the molecule is CC[Si](CC)(CC)OC1CCC[C@]2(C)[C@@H]([C@H](C)CCCC(O)c3nc(C)c(CCOC4CCCCO4)s3)CC[C@@H]12. The number of hydrogen-bond donors (Lipinski definition) is 1. The fourth-order valence-electron chi connectivity index (χ4n) is 8.47. The van der Waals surface area contributed by atoms with Gasteiger partial charge in [0.1, 0.15) is 11.1 Å². The lowest BCUT2D eigenvalue weighted by atomic mass is 9.61. The van der Waals surface area contributed by atoms with E-state index in [2.05, 4.69) is 41.5 Å². The molecule has 1 aliphatic heterocycles. The molecule has 0 amide bonds. The summed E-state index contributed by atoms with van der Waals surface area (Å²) < 4.78 is 18.8.